The monoisotopic (exact) mass is 468 g/mol. The van der Waals surface area contributed by atoms with Gasteiger partial charge in [0.05, 0.1) is 5.92 Å². The first-order chi connectivity index (χ1) is 15.7. The maximum atomic E-state index is 12.8. The number of rotatable bonds is 6. The molecule has 4 aliphatic rings. The van der Waals surface area contributed by atoms with Crippen LogP contribution in [0.2, 0.25) is 0 Å². The number of Topliss-reactive ketones (excluding diaryl/α,β-unsaturated/α-hetero) is 1. The molecule has 0 aromatic carbocycles. The van der Waals surface area contributed by atoms with Crippen LogP contribution in [0.3, 0.4) is 0 Å². The Balaban J connectivity index is 1.59. The van der Waals surface area contributed by atoms with Gasteiger partial charge in [-0.3, -0.25) is 9.59 Å². The molecule has 2 fully saturated rings. The van der Waals surface area contributed by atoms with E-state index in [0.717, 1.165) is 37.7 Å². The van der Waals surface area contributed by atoms with Gasteiger partial charge in [-0.2, -0.15) is 0 Å². The molecule has 3 heteroatoms. The van der Waals surface area contributed by atoms with Gasteiger partial charge in [0.25, 0.3) is 0 Å². The number of ketones is 1. The van der Waals surface area contributed by atoms with Crippen molar-refractivity contribution in [3.8, 4) is 0 Å². The van der Waals surface area contributed by atoms with Gasteiger partial charge in [-0.15, -0.1) is 0 Å². The van der Waals surface area contributed by atoms with Crippen LogP contribution in [0.1, 0.15) is 113 Å². The molecule has 0 saturated heterocycles. The predicted molar refractivity (Wildman–Crippen MR) is 138 cm³/mol. The summed E-state index contributed by atoms with van der Waals surface area (Å²) < 4.78 is 0. The van der Waals surface area contributed by atoms with E-state index < -0.39 is 11.9 Å². The number of carboxylic acid groups (broad SMARTS) is 1. The van der Waals surface area contributed by atoms with E-state index >= 15 is 0 Å². The first kappa shape index (κ1) is 25.7. The van der Waals surface area contributed by atoms with Gasteiger partial charge in [0.1, 0.15) is 5.78 Å². The second kappa shape index (κ2) is 8.34. The van der Waals surface area contributed by atoms with E-state index in [-0.39, 0.29) is 16.2 Å². The van der Waals surface area contributed by atoms with E-state index in [0.29, 0.717) is 29.0 Å². The number of allylic oxidation sites excluding steroid dienone is 2. The predicted octanol–water partition coefficient (Wildman–Crippen LogP) is 8.00. The number of carbonyl (C=O) groups excluding carboxylic acids is 1. The summed E-state index contributed by atoms with van der Waals surface area (Å²) in [5.41, 5.74) is 4.90. The highest BCUT2D eigenvalue weighted by molar-refractivity contribution is 5.85. The molecular weight excluding hydrogens is 420 g/mol. The summed E-state index contributed by atoms with van der Waals surface area (Å²) in [5.74, 6) is 0.980. The molecule has 0 heterocycles. The van der Waals surface area contributed by atoms with Crippen molar-refractivity contribution in [1.29, 1.82) is 0 Å². The highest BCUT2D eigenvalue weighted by atomic mass is 16.4. The van der Waals surface area contributed by atoms with Crippen LogP contribution in [0, 0.1) is 45.3 Å². The third-order valence-electron chi connectivity index (χ3n) is 12.2. The Morgan fingerprint density at radius 3 is 2.32 bits per heavy atom. The summed E-state index contributed by atoms with van der Waals surface area (Å²) in [7, 11) is 0. The summed E-state index contributed by atoms with van der Waals surface area (Å²) in [6.45, 7) is 20.3. The van der Waals surface area contributed by atoms with Gasteiger partial charge in [0.2, 0.25) is 0 Å². The molecule has 0 aromatic rings. The summed E-state index contributed by atoms with van der Waals surface area (Å²) in [5, 5.41) is 9.33. The fourth-order valence-electron chi connectivity index (χ4n) is 9.45. The molecular formula is C31H48O3. The third-order valence-corrected chi connectivity index (χ3v) is 12.2. The van der Waals surface area contributed by atoms with Crippen molar-refractivity contribution < 1.29 is 14.7 Å². The molecule has 4 aliphatic carbocycles. The van der Waals surface area contributed by atoms with Crippen LogP contribution in [0.4, 0.5) is 0 Å². The van der Waals surface area contributed by atoms with Crippen molar-refractivity contribution in [3.05, 3.63) is 23.3 Å². The molecule has 3 nitrogen and oxygen atoms in total. The van der Waals surface area contributed by atoms with Crippen LogP contribution in [-0.4, -0.2) is 16.9 Å². The SMILES string of the molecule is C=C(CC[C@H](C)[C@@H]1CC[C@]2(C)C3=C(CC[C@@]12C)[C@]1(C)CCC(=O)C(C)(C)[C@H]1CC3)[C@@H](C)C(=O)O. The average molecular weight is 469 g/mol. The molecule has 0 bridgehead atoms. The smallest absolute Gasteiger partial charge is 0.310 e. The Hall–Kier alpha value is -1.38. The quantitative estimate of drug-likeness (QED) is 0.402. The van der Waals surface area contributed by atoms with E-state index in [9.17, 15) is 14.7 Å². The van der Waals surface area contributed by atoms with Gasteiger partial charge in [0.15, 0.2) is 0 Å². The maximum Gasteiger partial charge on any atom is 0.310 e. The number of hydrogen-bond donors (Lipinski definition) is 1. The van der Waals surface area contributed by atoms with Crippen molar-refractivity contribution in [3.63, 3.8) is 0 Å². The van der Waals surface area contributed by atoms with Gasteiger partial charge in [-0.25, -0.2) is 0 Å². The summed E-state index contributed by atoms with van der Waals surface area (Å²) in [6, 6.07) is 0. The first-order valence-corrected chi connectivity index (χ1v) is 13.9. The Morgan fingerprint density at radius 1 is 1.00 bits per heavy atom. The Bertz CT molecular complexity index is 925. The van der Waals surface area contributed by atoms with Gasteiger partial charge < -0.3 is 5.11 Å². The van der Waals surface area contributed by atoms with E-state index in [2.05, 4.69) is 48.1 Å². The first-order valence-electron chi connectivity index (χ1n) is 13.9. The maximum absolute atomic E-state index is 12.8. The van der Waals surface area contributed by atoms with E-state index in [1.807, 2.05) is 0 Å². The lowest BCUT2D eigenvalue weighted by Crippen LogP contribution is -2.53. The molecule has 0 amide bonds. The van der Waals surface area contributed by atoms with Crippen molar-refractivity contribution >= 4 is 11.8 Å². The number of fused-ring (bicyclic) bond motifs is 4. The van der Waals surface area contributed by atoms with Gasteiger partial charge in [0, 0.05) is 11.8 Å². The standard InChI is InChI=1S/C31H48O3/c1-19(21(3)27(33)34)9-10-20(2)22-13-17-31(8)24-11-12-25-28(4,5)26(32)15-16-29(25,6)23(24)14-18-30(22,31)7/h20-22,25H,1,9-18H2,2-8H3,(H,33,34)/t20-,21+,22-,25+,29-,30-,31+/m0/s1. The lowest BCUT2D eigenvalue weighted by atomic mass is 9.43. The summed E-state index contributed by atoms with van der Waals surface area (Å²) in [6.07, 6.45) is 11.0. The fourth-order valence-corrected chi connectivity index (χ4v) is 9.45. The van der Waals surface area contributed by atoms with Crippen LogP contribution in [0.15, 0.2) is 23.3 Å². The highest BCUT2D eigenvalue weighted by Crippen LogP contribution is 2.72. The lowest BCUT2D eigenvalue weighted by Gasteiger charge is -2.61. The molecule has 34 heavy (non-hydrogen) atoms. The molecule has 7 atom stereocenters. The van der Waals surface area contributed by atoms with E-state index in [1.165, 1.54) is 32.1 Å². The van der Waals surface area contributed by atoms with Crippen LogP contribution < -0.4 is 0 Å². The normalized spacial score (nSPS) is 40.7. The Labute approximate surface area is 207 Å². The fraction of sp³-hybridized carbons (Fsp3) is 0.806. The van der Waals surface area contributed by atoms with Gasteiger partial charge >= 0.3 is 5.97 Å². The molecule has 0 spiro atoms. The van der Waals surface area contributed by atoms with Crippen molar-refractivity contribution in [2.24, 2.45) is 45.3 Å². The third kappa shape index (κ3) is 3.50. The molecule has 1 N–H and O–H groups in total. The topological polar surface area (TPSA) is 54.4 Å². The Kier molecular flexibility index (Phi) is 6.31. The molecule has 0 aliphatic heterocycles. The highest BCUT2D eigenvalue weighted by Gasteiger charge is 2.63. The lowest BCUT2D eigenvalue weighted by molar-refractivity contribution is -0.140. The zero-order valence-corrected chi connectivity index (χ0v) is 22.9. The Morgan fingerprint density at radius 2 is 1.68 bits per heavy atom. The second-order valence-corrected chi connectivity index (χ2v) is 13.7. The van der Waals surface area contributed by atoms with Gasteiger partial charge in [-0.05, 0) is 98.7 Å². The summed E-state index contributed by atoms with van der Waals surface area (Å²) in [4.78, 5) is 24.2. The molecule has 4 rings (SSSR count). The zero-order valence-electron chi connectivity index (χ0n) is 22.9. The van der Waals surface area contributed by atoms with Crippen LogP contribution in [-0.2, 0) is 9.59 Å². The van der Waals surface area contributed by atoms with Crippen LogP contribution in [0.25, 0.3) is 0 Å². The van der Waals surface area contributed by atoms with Crippen LogP contribution in [0.5, 0.6) is 0 Å². The molecule has 0 aromatic heterocycles. The minimum absolute atomic E-state index is 0.184. The largest absolute Gasteiger partial charge is 0.481 e. The number of hydrogen-bond acceptors (Lipinski definition) is 2. The molecule has 0 unspecified atom stereocenters. The molecule has 2 saturated carbocycles. The molecule has 190 valence electrons. The van der Waals surface area contributed by atoms with E-state index in [1.54, 1.807) is 18.1 Å². The second-order valence-electron chi connectivity index (χ2n) is 13.7. The van der Waals surface area contributed by atoms with Crippen molar-refractivity contribution in [1.82, 2.24) is 0 Å². The number of carbonyl (C=O) groups is 2. The van der Waals surface area contributed by atoms with Crippen LogP contribution >= 0.6 is 0 Å². The number of carboxylic acids is 1. The summed E-state index contributed by atoms with van der Waals surface area (Å²) >= 11 is 0. The van der Waals surface area contributed by atoms with E-state index in [4.69, 9.17) is 0 Å². The zero-order chi connectivity index (χ0) is 25.3. The van der Waals surface area contributed by atoms with Gasteiger partial charge in [-0.1, -0.05) is 64.8 Å². The molecule has 0 radical (unpaired) electrons. The van der Waals surface area contributed by atoms with Crippen molar-refractivity contribution in [2.75, 3.05) is 0 Å². The minimum Gasteiger partial charge on any atom is -0.481 e. The van der Waals surface area contributed by atoms with Crippen molar-refractivity contribution in [2.45, 2.75) is 113 Å². The average Bonchev–Trinajstić information content (AvgIpc) is 3.05. The minimum atomic E-state index is -0.763. The number of aliphatic carboxylic acids is 1.